The van der Waals surface area contributed by atoms with Crippen molar-refractivity contribution in [2.75, 3.05) is 11.1 Å². The third-order valence-corrected chi connectivity index (χ3v) is 3.63. The first kappa shape index (κ1) is 13.9. The minimum absolute atomic E-state index is 0.420. The molecule has 0 atom stereocenters. The van der Waals surface area contributed by atoms with Crippen molar-refractivity contribution in [1.82, 2.24) is 14.5 Å². The maximum absolute atomic E-state index is 8.84. The molecule has 0 unspecified atom stereocenters. The highest BCUT2D eigenvalue weighted by Crippen LogP contribution is 2.22. The van der Waals surface area contributed by atoms with E-state index < -0.39 is 0 Å². The Morgan fingerprint density at radius 2 is 2.14 bits per heavy atom. The van der Waals surface area contributed by atoms with Crippen molar-refractivity contribution < 1.29 is 0 Å². The van der Waals surface area contributed by atoms with Crippen LogP contribution in [0.4, 0.5) is 11.4 Å². The molecule has 3 rings (SSSR count). The molecule has 6 heteroatoms. The van der Waals surface area contributed by atoms with Crippen molar-refractivity contribution >= 4 is 22.4 Å². The van der Waals surface area contributed by atoms with E-state index in [1.54, 1.807) is 18.6 Å². The normalized spacial score (nSPS) is 10.6. The summed E-state index contributed by atoms with van der Waals surface area (Å²) >= 11 is 0. The molecule has 1 aromatic carbocycles. The summed E-state index contributed by atoms with van der Waals surface area (Å²) in [4.78, 5) is 8.37. The van der Waals surface area contributed by atoms with Crippen molar-refractivity contribution in [1.29, 1.82) is 5.26 Å². The van der Waals surface area contributed by atoms with Gasteiger partial charge in [-0.25, -0.2) is 9.97 Å². The standard InChI is InChI=1S/C16H16N6/c1-10-3-12(6-17)19-8-14(10)20-7-11-4-13(18)16-15(5-11)22(2)9-21-16/h3-5,8-9,20H,7,18H2,1-2H3. The van der Waals surface area contributed by atoms with E-state index in [4.69, 9.17) is 11.0 Å². The molecule has 0 aliphatic carbocycles. The maximum atomic E-state index is 8.84. The van der Waals surface area contributed by atoms with Crippen LogP contribution in [0.25, 0.3) is 11.0 Å². The van der Waals surface area contributed by atoms with Crippen molar-refractivity contribution in [3.8, 4) is 6.07 Å². The Labute approximate surface area is 128 Å². The van der Waals surface area contributed by atoms with Crippen molar-refractivity contribution in [2.24, 2.45) is 7.05 Å². The zero-order valence-corrected chi connectivity index (χ0v) is 12.5. The largest absolute Gasteiger partial charge is 0.397 e. The summed E-state index contributed by atoms with van der Waals surface area (Å²) in [5, 5.41) is 12.2. The van der Waals surface area contributed by atoms with E-state index >= 15 is 0 Å². The number of rotatable bonds is 3. The number of aromatic nitrogens is 3. The van der Waals surface area contributed by atoms with Gasteiger partial charge in [0.2, 0.25) is 0 Å². The number of nitrogen functional groups attached to an aromatic ring is 1. The van der Waals surface area contributed by atoms with E-state index in [0.29, 0.717) is 17.9 Å². The van der Waals surface area contributed by atoms with Gasteiger partial charge >= 0.3 is 0 Å². The Hall–Kier alpha value is -3.07. The van der Waals surface area contributed by atoms with Crippen molar-refractivity contribution in [3.05, 3.63) is 47.5 Å². The number of benzene rings is 1. The average molecular weight is 292 g/mol. The van der Waals surface area contributed by atoms with Crippen LogP contribution >= 0.6 is 0 Å². The number of fused-ring (bicyclic) bond motifs is 1. The van der Waals surface area contributed by atoms with Crippen LogP contribution < -0.4 is 11.1 Å². The lowest BCUT2D eigenvalue weighted by molar-refractivity contribution is 0.946. The number of nitrogens with two attached hydrogens (primary N) is 1. The predicted octanol–water partition coefficient (Wildman–Crippen LogP) is 2.34. The number of nitrogens with zero attached hydrogens (tertiary/aromatic N) is 4. The van der Waals surface area contributed by atoms with Gasteiger partial charge in [-0.3, -0.25) is 0 Å². The molecule has 6 nitrogen and oxygen atoms in total. The van der Waals surface area contributed by atoms with Crippen LogP contribution in [0.5, 0.6) is 0 Å². The molecule has 0 aliphatic heterocycles. The lowest BCUT2D eigenvalue weighted by Crippen LogP contribution is -2.03. The summed E-state index contributed by atoms with van der Waals surface area (Å²) in [7, 11) is 1.95. The Balaban J connectivity index is 1.85. The fourth-order valence-corrected chi connectivity index (χ4v) is 2.42. The van der Waals surface area contributed by atoms with Gasteiger partial charge in [-0.1, -0.05) is 0 Å². The Bertz CT molecular complexity index is 888. The average Bonchev–Trinajstić information content (AvgIpc) is 2.88. The number of anilines is 2. The molecular weight excluding hydrogens is 276 g/mol. The van der Waals surface area contributed by atoms with Crippen LogP contribution in [0, 0.1) is 18.3 Å². The Kier molecular flexibility index (Phi) is 3.39. The fourth-order valence-electron chi connectivity index (χ4n) is 2.42. The molecule has 0 saturated carbocycles. The molecule has 0 spiro atoms. The van der Waals surface area contributed by atoms with E-state index in [1.165, 1.54) is 0 Å². The molecule has 3 N–H and O–H groups in total. The highest BCUT2D eigenvalue weighted by Gasteiger charge is 2.07. The smallest absolute Gasteiger partial charge is 0.140 e. The number of aryl methyl sites for hydroxylation is 2. The van der Waals surface area contributed by atoms with Crippen LogP contribution in [0.1, 0.15) is 16.8 Å². The molecule has 0 radical (unpaired) electrons. The van der Waals surface area contributed by atoms with Crippen LogP contribution in [-0.4, -0.2) is 14.5 Å². The van der Waals surface area contributed by atoms with Gasteiger partial charge in [-0.15, -0.1) is 0 Å². The summed E-state index contributed by atoms with van der Waals surface area (Å²) in [6.45, 7) is 2.57. The molecule has 0 fully saturated rings. The summed E-state index contributed by atoms with van der Waals surface area (Å²) in [6, 6.07) is 7.79. The van der Waals surface area contributed by atoms with E-state index in [1.807, 2.05) is 30.7 Å². The zero-order chi connectivity index (χ0) is 15.7. The third kappa shape index (κ3) is 2.44. The molecule has 3 aromatic rings. The van der Waals surface area contributed by atoms with E-state index in [9.17, 15) is 0 Å². The first-order valence-corrected chi connectivity index (χ1v) is 6.88. The Morgan fingerprint density at radius 1 is 1.32 bits per heavy atom. The summed E-state index contributed by atoms with van der Waals surface area (Å²) in [6.07, 6.45) is 3.44. The molecule has 0 saturated heterocycles. The van der Waals surface area contributed by atoms with Gasteiger partial charge in [0.1, 0.15) is 17.3 Å². The second kappa shape index (κ2) is 5.37. The lowest BCUT2D eigenvalue weighted by Gasteiger charge is -2.10. The summed E-state index contributed by atoms with van der Waals surface area (Å²) in [5.41, 5.74) is 11.9. The number of nitrogens with one attached hydrogen (secondary N) is 1. The SMILES string of the molecule is Cc1cc(C#N)ncc1NCc1cc(N)c2ncn(C)c2c1. The third-order valence-electron chi connectivity index (χ3n) is 3.63. The maximum Gasteiger partial charge on any atom is 0.140 e. The highest BCUT2D eigenvalue weighted by molar-refractivity contribution is 5.88. The zero-order valence-electron chi connectivity index (χ0n) is 12.5. The molecular formula is C16H16N6. The number of hydrogen-bond acceptors (Lipinski definition) is 5. The van der Waals surface area contributed by atoms with Gasteiger partial charge in [0.25, 0.3) is 0 Å². The van der Waals surface area contributed by atoms with Gasteiger partial charge in [-0.05, 0) is 36.2 Å². The molecule has 110 valence electrons. The molecule has 0 aliphatic rings. The summed E-state index contributed by atoms with van der Waals surface area (Å²) in [5.74, 6) is 0. The van der Waals surface area contributed by atoms with Gasteiger partial charge < -0.3 is 15.6 Å². The first-order chi connectivity index (χ1) is 10.6. The van der Waals surface area contributed by atoms with Crippen molar-refractivity contribution in [2.45, 2.75) is 13.5 Å². The highest BCUT2D eigenvalue weighted by atomic mass is 15.0. The minimum atomic E-state index is 0.420. The number of imidazole rings is 1. The Morgan fingerprint density at radius 3 is 2.86 bits per heavy atom. The van der Waals surface area contributed by atoms with Gasteiger partial charge in [0, 0.05) is 13.6 Å². The number of pyridine rings is 1. The van der Waals surface area contributed by atoms with Gasteiger partial charge in [0.05, 0.1) is 29.4 Å². The molecule has 2 heterocycles. The quantitative estimate of drug-likeness (QED) is 0.723. The monoisotopic (exact) mass is 292 g/mol. The molecule has 0 amide bonds. The van der Waals surface area contributed by atoms with E-state index in [0.717, 1.165) is 27.8 Å². The molecule has 0 bridgehead atoms. The number of nitriles is 1. The van der Waals surface area contributed by atoms with E-state index in [-0.39, 0.29) is 0 Å². The topological polar surface area (TPSA) is 92.6 Å². The van der Waals surface area contributed by atoms with E-state index in [2.05, 4.69) is 21.4 Å². The first-order valence-electron chi connectivity index (χ1n) is 6.88. The molecule has 2 aromatic heterocycles. The van der Waals surface area contributed by atoms with Gasteiger partial charge in [-0.2, -0.15) is 5.26 Å². The second-order valence-electron chi connectivity index (χ2n) is 5.26. The lowest BCUT2D eigenvalue weighted by atomic mass is 10.1. The fraction of sp³-hybridized carbons (Fsp3) is 0.188. The number of hydrogen-bond donors (Lipinski definition) is 2. The predicted molar refractivity (Wildman–Crippen MR) is 86.1 cm³/mol. The summed E-state index contributed by atoms with van der Waals surface area (Å²) < 4.78 is 1.95. The van der Waals surface area contributed by atoms with Gasteiger partial charge in [0.15, 0.2) is 0 Å². The van der Waals surface area contributed by atoms with Crippen molar-refractivity contribution in [3.63, 3.8) is 0 Å². The van der Waals surface area contributed by atoms with Crippen LogP contribution in [0.2, 0.25) is 0 Å². The molecule has 22 heavy (non-hydrogen) atoms. The minimum Gasteiger partial charge on any atom is -0.397 e. The second-order valence-corrected chi connectivity index (χ2v) is 5.26. The van der Waals surface area contributed by atoms with Crippen LogP contribution in [0.3, 0.4) is 0 Å². The van der Waals surface area contributed by atoms with Crippen LogP contribution in [0.15, 0.2) is 30.7 Å². The van der Waals surface area contributed by atoms with Crippen LogP contribution in [-0.2, 0) is 13.6 Å².